The summed E-state index contributed by atoms with van der Waals surface area (Å²) >= 11 is 1.31. The van der Waals surface area contributed by atoms with Gasteiger partial charge in [0.2, 0.25) is 5.16 Å². The third-order valence-corrected chi connectivity index (χ3v) is 3.17. The van der Waals surface area contributed by atoms with Gasteiger partial charge < -0.3 is 4.42 Å². The summed E-state index contributed by atoms with van der Waals surface area (Å²) in [6, 6.07) is 3.51. The molecule has 2 aromatic heterocycles. The molecule has 0 aliphatic rings. The summed E-state index contributed by atoms with van der Waals surface area (Å²) in [6.07, 6.45) is 4.85. The molecule has 0 amide bonds. The van der Waals surface area contributed by atoms with Crippen LogP contribution in [0.25, 0.3) is 0 Å². The first-order valence-electron chi connectivity index (χ1n) is 6.05. The molecular formula is C13H16N4O2S. The maximum atomic E-state index is 12.5. The number of hydrogen-bond donors (Lipinski definition) is 0. The fraction of sp³-hybridized carbons (Fsp3) is 0.385. The van der Waals surface area contributed by atoms with Gasteiger partial charge >= 0.3 is 0 Å². The van der Waals surface area contributed by atoms with E-state index in [0.717, 1.165) is 0 Å². The van der Waals surface area contributed by atoms with Crippen LogP contribution in [0.4, 0.5) is 0 Å². The molecule has 0 bridgehead atoms. The lowest BCUT2D eigenvalue weighted by atomic mass is 9.93. The highest BCUT2D eigenvalue weighted by molar-refractivity contribution is 7.98. The summed E-state index contributed by atoms with van der Waals surface area (Å²) in [5.74, 6) is 0.568. The number of furan rings is 1. The molecule has 0 aliphatic heterocycles. The van der Waals surface area contributed by atoms with Crippen molar-refractivity contribution in [2.24, 2.45) is 5.10 Å². The Hall–Kier alpha value is -1.89. The molecule has 0 fully saturated rings. The van der Waals surface area contributed by atoms with Gasteiger partial charge in [0, 0.05) is 5.41 Å². The summed E-state index contributed by atoms with van der Waals surface area (Å²) in [5, 5.41) is 12.7. The zero-order valence-corrected chi connectivity index (χ0v) is 12.6. The predicted molar refractivity (Wildman–Crippen MR) is 78.5 cm³/mol. The third kappa shape index (κ3) is 2.98. The summed E-state index contributed by atoms with van der Waals surface area (Å²) in [5.41, 5.74) is -0.269. The Labute approximate surface area is 120 Å². The lowest BCUT2D eigenvalue weighted by Gasteiger charge is -2.16. The van der Waals surface area contributed by atoms with Crippen molar-refractivity contribution in [3.63, 3.8) is 0 Å². The Bertz CT molecular complexity index is 669. The van der Waals surface area contributed by atoms with Crippen LogP contribution in [0.1, 0.15) is 32.2 Å². The van der Waals surface area contributed by atoms with E-state index in [4.69, 9.17) is 4.42 Å². The maximum absolute atomic E-state index is 12.5. The first kappa shape index (κ1) is 14.5. The monoisotopic (exact) mass is 292 g/mol. The molecule has 0 radical (unpaired) electrons. The molecule has 106 valence electrons. The van der Waals surface area contributed by atoms with Crippen LogP contribution in [-0.2, 0) is 5.41 Å². The Morgan fingerprint density at radius 2 is 2.15 bits per heavy atom. The summed E-state index contributed by atoms with van der Waals surface area (Å²) in [4.78, 5) is 12.5. The molecule has 6 nitrogen and oxygen atoms in total. The van der Waals surface area contributed by atoms with Crippen LogP contribution in [0, 0.1) is 0 Å². The fourth-order valence-electron chi connectivity index (χ4n) is 1.54. The van der Waals surface area contributed by atoms with Gasteiger partial charge in [0.05, 0.1) is 12.5 Å². The standard InChI is InChI=1S/C13H16N4O2S/c1-13(2,3)10-11(18)17(12(20-4)16-15-10)14-8-9-6-5-7-19-9/h5-8H,1-4H3/b14-8-. The predicted octanol–water partition coefficient (Wildman–Crippen LogP) is 2.13. The smallest absolute Gasteiger partial charge is 0.297 e. The molecular weight excluding hydrogens is 276 g/mol. The minimum atomic E-state index is -0.386. The van der Waals surface area contributed by atoms with E-state index in [-0.39, 0.29) is 11.0 Å². The second kappa shape index (κ2) is 5.62. The molecule has 0 aliphatic carbocycles. The van der Waals surface area contributed by atoms with Crippen molar-refractivity contribution >= 4 is 18.0 Å². The lowest BCUT2D eigenvalue weighted by Crippen LogP contribution is -2.32. The van der Waals surface area contributed by atoms with Gasteiger partial charge in [-0.15, -0.1) is 10.2 Å². The molecule has 0 unspecified atom stereocenters. The van der Waals surface area contributed by atoms with Crippen LogP contribution in [-0.4, -0.2) is 27.3 Å². The van der Waals surface area contributed by atoms with Crippen molar-refractivity contribution in [2.45, 2.75) is 31.3 Å². The third-order valence-electron chi connectivity index (χ3n) is 2.55. The van der Waals surface area contributed by atoms with Crippen LogP contribution < -0.4 is 5.56 Å². The molecule has 2 rings (SSSR count). The summed E-state index contributed by atoms with van der Waals surface area (Å²) < 4.78 is 6.41. The Morgan fingerprint density at radius 1 is 1.40 bits per heavy atom. The van der Waals surface area contributed by atoms with Crippen molar-refractivity contribution in [3.8, 4) is 0 Å². The molecule has 0 saturated heterocycles. The van der Waals surface area contributed by atoms with Gasteiger partial charge in [-0.2, -0.15) is 9.78 Å². The number of nitrogens with zero attached hydrogens (tertiary/aromatic N) is 4. The van der Waals surface area contributed by atoms with E-state index in [1.165, 1.54) is 22.7 Å². The van der Waals surface area contributed by atoms with Gasteiger partial charge in [-0.25, -0.2) is 0 Å². The van der Waals surface area contributed by atoms with Crippen LogP contribution in [0.3, 0.4) is 0 Å². The molecule has 0 saturated carbocycles. The van der Waals surface area contributed by atoms with Crippen LogP contribution in [0.15, 0.2) is 37.9 Å². The summed E-state index contributed by atoms with van der Waals surface area (Å²) in [6.45, 7) is 5.74. The van der Waals surface area contributed by atoms with Gasteiger partial charge in [0.15, 0.2) is 0 Å². The van der Waals surface area contributed by atoms with E-state index in [1.807, 2.05) is 27.0 Å². The second-order valence-electron chi connectivity index (χ2n) is 5.16. The molecule has 0 spiro atoms. The van der Waals surface area contributed by atoms with Crippen molar-refractivity contribution in [1.82, 2.24) is 14.9 Å². The average molecular weight is 292 g/mol. The molecule has 20 heavy (non-hydrogen) atoms. The quantitative estimate of drug-likeness (QED) is 0.640. The minimum absolute atomic E-state index is 0.264. The van der Waals surface area contributed by atoms with Crippen LogP contribution in [0.2, 0.25) is 0 Å². The first-order valence-corrected chi connectivity index (χ1v) is 7.28. The van der Waals surface area contributed by atoms with Gasteiger partial charge in [0.1, 0.15) is 11.5 Å². The van der Waals surface area contributed by atoms with E-state index in [9.17, 15) is 4.79 Å². The van der Waals surface area contributed by atoms with Crippen molar-refractivity contribution in [1.29, 1.82) is 0 Å². The molecule has 7 heteroatoms. The Kier molecular flexibility index (Phi) is 4.08. The lowest BCUT2D eigenvalue weighted by molar-refractivity contribution is 0.509. The fourth-order valence-corrected chi connectivity index (χ4v) is 1.97. The molecule has 2 aromatic rings. The highest BCUT2D eigenvalue weighted by Crippen LogP contribution is 2.17. The number of thioether (sulfide) groups is 1. The zero-order valence-electron chi connectivity index (χ0n) is 11.8. The van der Waals surface area contributed by atoms with Gasteiger partial charge in [-0.1, -0.05) is 32.5 Å². The van der Waals surface area contributed by atoms with E-state index >= 15 is 0 Å². The average Bonchev–Trinajstić information content (AvgIpc) is 2.88. The molecule has 0 aromatic carbocycles. The van der Waals surface area contributed by atoms with E-state index in [1.54, 1.807) is 18.4 Å². The maximum Gasteiger partial charge on any atom is 0.297 e. The Morgan fingerprint density at radius 3 is 2.70 bits per heavy atom. The van der Waals surface area contributed by atoms with Crippen LogP contribution in [0.5, 0.6) is 0 Å². The Balaban J connectivity index is 2.52. The van der Waals surface area contributed by atoms with E-state index in [0.29, 0.717) is 16.6 Å². The van der Waals surface area contributed by atoms with Crippen molar-refractivity contribution in [3.05, 3.63) is 40.2 Å². The molecule has 0 N–H and O–H groups in total. The number of rotatable bonds is 3. The SMILES string of the molecule is CSc1nnc(C(C)(C)C)c(=O)n1/N=C\c1ccco1. The number of hydrogen-bond acceptors (Lipinski definition) is 6. The minimum Gasteiger partial charge on any atom is -0.463 e. The first-order chi connectivity index (χ1) is 9.43. The highest BCUT2D eigenvalue weighted by Gasteiger charge is 2.23. The second-order valence-corrected chi connectivity index (χ2v) is 5.94. The summed E-state index contributed by atoms with van der Waals surface area (Å²) in [7, 11) is 0. The zero-order chi connectivity index (χ0) is 14.8. The number of aromatic nitrogens is 3. The van der Waals surface area contributed by atoms with Gasteiger partial charge in [-0.05, 0) is 18.4 Å². The molecule has 0 atom stereocenters. The van der Waals surface area contributed by atoms with Gasteiger partial charge in [-0.3, -0.25) is 4.79 Å². The largest absolute Gasteiger partial charge is 0.463 e. The van der Waals surface area contributed by atoms with E-state index < -0.39 is 0 Å². The van der Waals surface area contributed by atoms with Crippen molar-refractivity contribution in [2.75, 3.05) is 6.26 Å². The topological polar surface area (TPSA) is 73.3 Å². The van der Waals surface area contributed by atoms with E-state index in [2.05, 4.69) is 15.3 Å². The van der Waals surface area contributed by atoms with Crippen molar-refractivity contribution < 1.29 is 4.42 Å². The highest BCUT2D eigenvalue weighted by atomic mass is 32.2. The van der Waals surface area contributed by atoms with Gasteiger partial charge in [0.25, 0.3) is 5.56 Å². The van der Waals surface area contributed by atoms with Crippen LogP contribution >= 0.6 is 11.8 Å². The normalized spacial score (nSPS) is 12.2. The molecule has 2 heterocycles.